The second kappa shape index (κ2) is 11.6. The minimum absolute atomic E-state index is 0.169. The van der Waals surface area contributed by atoms with Crippen LogP contribution < -0.4 is 14.4 Å². The monoisotopic (exact) mass is 424 g/mol. The summed E-state index contributed by atoms with van der Waals surface area (Å²) < 4.78 is 16.2. The average molecular weight is 424 g/mol. The minimum Gasteiger partial charge on any atom is -0.493 e. The van der Waals surface area contributed by atoms with Crippen molar-refractivity contribution >= 4 is 17.6 Å². The van der Waals surface area contributed by atoms with Crippen molar-refractivity contribution in [3.8, 4) is 17.6 Å². The number of hydrogen-bond acceptors (Lipinski definition) is 6. The molecule has 0 heterocycles. The Morgan fingerprint density at radius 1 is 1.10 bits per heavy atom. The zero-order valence-corrected chi connectivity index (χ0v) is 18.4. The molecule has 164 valence electrons. The Labute approximate surface area is 183 Å². The molecular weight excluding hydrogens is 396 g/mol. The largest absolute Gasteiger partial charge is 0.493 e. The summed E-state index contributed by atoms with van der Waals surface area (Å²) >= 11 is 0. The van der Waals surface area contributed by atoms with E-state index in [0.29, 0.717) is 29.7 Å². The molecule has 7 nitrogen and oxygen atoms in total. The molecule has 2 rings (SSSR count). The van der Waals surface area contributed by atoms with Crippen LogP contribution in [0.4, 0.5) is 5.69 Å². The molecule has 0 aliphatic heterocycles. The molecule has 0 N–H and O–H groups in total. The number of nitrogens with zero attached hydrogens (tertiary/aromatic N) is 2. The molecule has 31 heavy (non-hydrogen) atoms. The Morgan fingerprint density at radius 3 is 2.42 bits per heavy atom. The molecule has 2 aromatic carbocycles. The average Bonchev–Trinajstić information content (AvgIpc) is 2.77. The molecule has 0 atom stereocenters. The zero-order valence-electron chi connectivity index (χ0n) is 18.4. The van der Waals surface area contributed by atoms with Crippen molar-refractivity contribution in [2.45, 2.75) is 27.2 Å². The van der Waals surface area contributed by atoms with Crippen LogP contribution in [0.2, 0.25) is 0 Å². The Hall–Kier alpha value is -3.53. The van der Waals surface area contributed by atoms with Gasteiger partial charge in [-0.3, -0.25) is 4.79 Å². The Balaban J connectivity index is 2.06. The zero-order chi connectivity index (χ0) is 22.8. The van der Waals surface area contributed by atoms with Gasteiger partial charge in [-0.2, -0.15) is 5.26 Å². The van der Waals surface area contributed by atoms with Crippen molar-refractivity contribution in [2.24, 2.45) is 5.92 Å². The lowest BCUT2D eigenvalue weighted by Crippen LogP contribution is -2.35. The van der Waals surface area contributed by atoms with Crippen LogP contribution in [0, 0.1) is 24.2 Å². The Morgan fingerprint density at radius 2 is 1.81 bits per heavy atom. The predicted molar refractivity (Wildman–Crippen MR) is 117 cm³/mol. The van der Waals surface area contributed by atoms with Crippen molar-refractivity contribution in [1.82, 2.24) is 0 Å². The highest BCUT2D eigenvalue weighted by molar-refractivity contribution is 5.97. The molecule has 2 aromatic rings. The number of rotatable bonds is 10. The van der Waals surface area contributed by atoms with Gasteiger partial charge < -0.3 is 19.1 Å². The third-order valence-electron chi connectivity index (χ3n) is 4.39. The van der Waals surface area contributed by atoms with Gasteiger partial charge in [-0.25, -0.2) is 4.79 Å². The van der Waals surface area contributed by atoms with Gasteiger partial charge in [0.05, 0.1) is 31.8 Å². The number of amides is 1. The van der Waals surface area contributed by atoms with E-state index in [1.807, 2.05) is 39.0 Å². The van der Waals surface area contributed by atoms with Gasteiger partial charge in [0.25, 0.3) is 5.91 Å². The van der Waals surface area contributed by atoms with E-state index in [4.69, 9.17) is 19.5 Å². The first-order valence-corrected chi connectivity index (χ1v) is 10.1. The van der Waals surface area contributed by atoms with Gasteiger partial charge in [0.15, 0.2) is 18.1 Å². The number of methoxy groups -OCH3 is 1. The third kappa shape index (κ3) is 7.03. The molecule has 1 amide bonds. The number of benzene rings is 2. The molecule has 0 radical (unpaired) electrons. The maximum Gasteiger partial charge on any atom is 0.338 e. The van der Waals surface area contributed by atoms with E-state index in [1.54, 1.807) is 24.3 Å². The fourth-order valence-electron chi connectivity index (χ4n) is 2.74. The van der Waals surface area contributed by atoms with Gasteiger partial charge in [-0.1, -0.05) is 31.5 Å². The summed E-state index contributed by atoms with van der Waals surface area (Å²) in [6.45, 7) is 6.31. The third-order valence-corrected chi connectivity index (χ3v) is 4.39. The molecule has 0 bridgehead atoms. The minimum atomic E-state index is -0.647. The predicted octanol–water partition coefficient (Wildman–Crippen LogP) is 4.14. The second-order valence-electron chi connectivity index (χ2n) is 7.44. The standard InChI is InChI=1S/C24H28N2O5/c1-17(2)15-30-21-11-8-19(14-22(21)29-4)24(28)31-16-23(27)26(13-5-12-25)20-9-6-18(3)7-10-20/h6-11,14,17H,5,13,15-16H2,1-4H3. The lowest BCUT2D eigenvalue weighted by molar-refractivity contribution is -0.121. The van der Waals surface area contributed by atoms with Crippen molar-refractivity contribution < 1.29 is 23.8 Å². The molecule has 0 aliphatic carbocycles. The number of hydrogen-bond donors (Lipinski definition) is 0. The SMILES string of the molecule is COc1cc(C(=O)OCC(=O)N(CCC#N)c2ccc(C)cc2)ccc1OCC(C)C. The van der Waals surface area contributed by atoms with E-state index in [-0.39, 0.29) is 18.5 Å². The molecule has 7 heteroatoms. The maximum absolute atomic E-state index is 12.7. The molecule has 0 saturated carbocycles. The van der Waals surface area contributed by atoms with Crippen molar-refractivity contribution in [2.75, 3.05) is 31.8 Å². The first-order chi connectivity index (χ1) is 14.8. The fraction of sp³-hybridized carbons (Fsp3) is 0.375. The number of ether oxygens (including phenoxy) is 3. The summed E-state index contributed by atoms with van der Waals surface area (Å²) in [5.41, 5.74) is 1.95. The molecule has 0 fully saturated rings. The molecule has 0 saturated heterocycles. The summed E-state index contributed by atoms with van der Waals surface area (Å²) in [5, 5.41) is 8.90. The van der Waals surface area contributed by atoms with Crippen LogP contribution in [0.3, 0.4) is 0 Å². The van der Waals surface area contributed by atoms with E-state index in [1.165, 1.54) is 18.1 Å². The van der Waals surface area contributed by atoms with Crippen LogP contribution >= 0.6 is 0 Å². The van der Waals surface area contributed by atoms with E-state index in [9.17, 15) is 9.59 Å². The van der Waals surface area contributed by atoms with Crippen LogP contribution in [-0.4, -0.2) is 38.7 Å². The number of carbonyl (C=O) groups is 2. The molecule has 0 aromatic heterocycles. The summed E-state index contributed by atoms with van der Waals surface area (Å²) in [6, 6.07) is 14.1. The highest BCUT2D eigenvalue weighted by atomic mass is 16.5. The second-order valence-corrected chi connectivity index (χ2v) is 7.44. The summed E-state index contributed by atoms with van der Waals surface area (Å²) in [5.74, 6) is 0.239. The topological polar surface area (TPSA) is 88.9 Å². The number of esters is 1. The molecule has 0 unspecified atom stereocenters. The van der Waals surface area contributed by atoms with E-state index >= 15 is 0 Å². The van der Waals surface area contributed by atoms with Gasteiger partial charge in [-0.15, -0.1) is 0 Å². The maximum atomic E-state index is 12.7. The van der Waals surface area contributed by atoms with Gasteiger partial charge in [-0.05, 0) is 43.2 Å². The summed E-state index contributed by atoms with van der Waals surface area (Å²) in [4.78, 5) is 26.6. The Bertz CT molecular complexity index is 932. The lowest BCUT2D eigenvalue weighted by Gasteiger charge is -2.22. The van der Waals surface area contributed by atoms with E-state index in [0.717, 1.165) is 5.56 Å². The number of nitriles is 1. The number of anilines is 1. The van der Waals surface area contributed by atoms with Crippen LogP contribution in [0.25, 0.3) is 0 Å². The van der Waals surface area contributed by atoms with Crippen LogP contribution in [0.1, 0.15) is 36.2 Å². The fourth-order valence-corrected chi connectivity index (χ4v) is 2.74. The highest BCUT2D eigenvalue weighted by Crippen LogP contribution is 2.29. The van der Waals surface area contributed by atoms with Crippen molar-refractivity contribution in [1.29, 1.82) is 5.26 Å². The van der Waals surface area contributed by atoms with Crippen LogP contribution in [-0.2, 0) is 9.53 Å². The van der Waals surface area contributed by atoms with Crippen molar-refractivity contribution in [3.63, 3.8) is 0 Å². The smallest absolute Gasteiger partial charge is 0.338 e. The first kappa shape index (κ1) is 23.7. The van der Waals surface area contributed by atoms with E-state index < -0.39 is 18.5 Å². The lowest BCUT2D eigenvalue weighted by atomic mass is 10.2. The van der Waals surface area contributed by atoms with Crippen LogP contribution in [0.15, 0.2) is 42.5 Å². The number of aryl methyl sites for hydroxylation is 1. The number of carbonyl (C=O) groups excluding carboxylic acids is 2. The first-order valence-electron chi connectivity index (χ1n) is 10.1. The van der Waals surface area contributed by atoms with Gasteiger partial charge in [0, 0.05) is 12.2 Å². The molecular formula is C24H28N2O5. The van der Waals surface area contributed by atoms with Gasteiger partial charge >= 0.3 is 5.97 Å². The highest BCUT2D eigenvalue weighted by Gasteiger charge is 2.19. The summed E-state index contributed by atoms with van der Waals surface area (Å²) in [7, 11) is 1.49. The quantitative estimate of drug-likeness (QED) is 0.533. The summed E-state index contributed by atoms with van der Waals surface area (Å²) in [6.07, 6.45) is 0.169. The Kier molecular flexibility index (Phi) is 8.89. The normalized spacial score (nSPS) is 10.3. The van der Waals surface area contributed by atoms with Crippen molar-refractivity contribution in [3.05, 3.63) is 53.6 Å². The van der Waals surface area contributed by atoms with Gasteiger partial charge in [0.1, 0.15) is 0 Å². The van der Waals surface area contributed by atoms with E-state index in [2.05, 4.69) is 0 Å². The van der Waals surface area contributed by atoms with Gasteiger partial charge in [0.2, 0.25) is 0 Å². The van der Waals surface area contributed by atoms with Crippen LogP contribution in [0.5, 0.6) is 11.5 Å². The molecule has 0 aliphatic rings. The molecule has 0 spiro atoms.